The van der Waals surface area contributed by atoms with Crippen molar-refractivity contribution in [1.29, 1.82) is 0 Å². The quantitative estimate of drug-likeness (QED) is 0.909. The van der Waals surface area contributed by atoms with Crippen LogP contribution in [0.15, 0.2) is 18.2 Å². The van der Waals surface area contributed by atoms with Crippen LogP contribution in [0.2, 0.25) is 0 Å². The van der Waals surface area contributed by atoms with Crippen molar-refractivity contribution < 1.29 is 8.78 Å². The van der Waals surface area contributed by atoms with Gasteiger partial charge in [-0.1, -0.05) is 13.0 Å². The summed E-state index contributed by atoms with van der Waals surface area (Å²) in [7, 11) is 0. The van der Waals surface area contributed by atoms with E-state index in [0.29, 0.717) is 12.5 Å². The number of nitrogens with zero attached hydrogens (tertiary/aromatic N) is 1. The second-order valence-corrected chi connectivity index (χ2v) is 5.29. The SMILES string of the molecule is CCN1CCC(C(CN)c2ccc(F)c(F)c2)CC1. The smallest absolute Gasteiger partial charge is 0.159 e. The molecule has 4 heteroatoms. The van der Waals surface area contributed by atoms with Gasteiger partial charge in [0, 0.05) is 0 Å². The summed E-state index contributed by atoms with van der Waals surface area (Å²) in [4.78, 5) is 2.41. The second kappa shape index (κ2) is 6.44. The average Bonchev–Trinajstić information content (AvgIpc) is 2.44. The minimum Gasteiger partial charge on any atom is -0.330 e. The summed E-state index contributed by atoms with van der Waals surface area (Å²) in [5.74, 6) is -0.964. The summed E-state index contributed by atoms with van der Waals surface area (Å²) < 4.78 is 26.3. The van der Waals surface area contributed by atoms with Crippen molar-refractivity contribution in [3.63, 3.8) is 0 Å². The first-order chi connectivity index (χ1) is 9.15. The Hall–Kier alpha value is -1.00. The lowest BCUT2D eigenvalue weighted by atomic mass is 9.80. The van der Waals surface area contributed by atoms with Crippen LogP contribution in [0.4, 0.5) is 8.78 Å². The molecule has 0 bridgehead atoms. The number of rotatable bonds is 4. The van der Waals surface area contributed by atoms with E-state index in [4.69, 9.17) is 5.73 Å². The predicted octanol–water partition coefficient (Wildman–Crippen LogP) is 2.74. The zero-order valence-corrected chi connectivity index (χ0v) is 11.4. The summed E-state index contributed by atoms with van der Waals surface area (Å²) in [6.45, 7) is 5.87. The van der Waals surface area contributed by atoms with Gasteiger partial charge in [0.1, 0.15) is 0 Å². The van der Waals surface area contributed by atoms with Crippen molar-refractivity contribution in [3.05, 3.63) is 35.4 Å². The van der Waals surface area contributed by atoms with Crippen LogP contribution in [0.1, 0.15) is 31.2 Å². The molecule has 1 saturated heterocycles. The third kappa shape index (κ3) is 3.31. The number of likely N-dealkylation sites (tertiary alicyclic amines) is 1. The molecular formula is C15H22F2N2. The van der Waals surface area contributed by atoms with Crippen LogP contribution in [0.5, 0.6) is 0 Å². The molecular weight excluding hydrogens is 246 g/mol. The molecule has 1 aromatic carbocycles. The maximum absolute atomic E-state index is 13.3. The first-order valence-corrected chi connectivity index (χ1v) is 7.03. The number of nitrogens with two attached hydrogens (primary N) is 1. The molecule has 1 fully saturated rings. The lowest BCUT2D eigenvalue weighted by Gasteiger charge is -2.35. The Labute approximate surface area is 113 Å². The lowest BCUT2D eigenvalue weighted by molar-refractivity contribution is 0.176. The van der Waals surface area contributed by atoms with Gasteiger partial charge in [0.15, 0.2) is 11.6 Å². The van der Waals surface area contributed by atoms with Gasteiger partial charge in [0.2, 0.25) is 0 Å². The lowest BCUT2D eigenvalue weighted by Crippen LogP contribution is -2.37. The van der Waals surface area contributed by atoms with E-state index in [9.17, 15) is 8.78 Å². The van der Waals surface area contributed by atoms with Gasteiger partial charge in [0.05, 0.1) is 0 Å². The van der Waals surface area contributed by atoms with Crippen LogP contribution in [-0.2, 0) is 0 Å². The van der Waals surface area contributed by atoms with Crippen LogP contribution in [0.25, 0.3) is 0 Å². The zero-order chi connectivity index (χ0) is 13.8. The van der Waals surface area contributed by atoms with Crippen molar-refractivity contribution in [2.75, 3.05) is 26.2 Å². The topological polar surface area (TPSA) is 29.3 Å². The van der Waals surface area contributed by atoms with Gasteiger partial charge in [-0.15, -0.1) is 0 Å². The van der Waals surface area contributed by atoms with Crippen LogP contribution in [-0.4, -0.2) is 31.1 Å². The Morgan fingerprint density at radius 3 is 2.47 bits per heavy atom. The monoisotopic (exact) mass is 268 g/mol. The Morgan fingerprint density at radius 2 is 1.95 bits per heavy atom. The van der Waals surface area contributed by atoms with Crippen molar-refractivity contribution in [2.24, 2.45) is 11.7 Å². The fourth-order valence-corrected chi connectivity index (χ4v) is 3.02. The number of benzene rings is 1. The molecule has 2 N–H and O–H groups in total. The molecule has 19 heavy (non-hydrogen) atoms. The van der Waals surface area contributed by atoms with Gasteiger partial charge in [-0.05, 0) is 68.6 Å². The molecule has 0 amide bonds. The number of hydrogen-bond donors (Lipinski definition) is 1. The maximum Gasteiger partial charge on any atom is 0.159 e. The predicted molar refractivity (Wildman–Crippen MR) is 73.0 cm³/mol. The Morgan fingerprint density at radius 1 is 1.26 bits per heavy atom. The molecule has 106 valence electrons. The fraction of sp³-hybridized carbons (Fsp3) is 0.600. The zero-order valence-electron chi connectivity index (χ0n) is 11.4. The van der Waals surface area contributed by atoms with Crippen molar-refractivity contribution in [1.82, 2.24) is 4.90 Å². The summed E-state index contributed by atoms with van der Waals surface area (Å²) in [5.41, 5.74) is 6.69. The molecule has 1 heterocycles. The summed E-state index contributed by atoms with van der Waals surface area (Å²) in [5, 5.41) is 0. The molecule has 1 aliphatic heterocycles. The highest BCUT2D eigenvalue weighted by Gasteiger charge is 2.26. The molecule has 1 unspecified atom stereocenters. The van der Waals surface area contributed by atoms with Gasteiger partial charge >= 0.3 is 0 Å². The Bertz CT molecular complexity index is 415. The molecule has 0 radical (unpaired) electrons. The largest absolute Gasteiger partial charge is 0.330 e. The molecule has 0 saturated carbocycles. The summed E-state index contributed by atoms with van der Waals surface area (Å²) >= 11 is 0. The highest BCUT2D eigenvalue weighted by molar-refractivity contribution is 5.23. The molecule has 1 aromatic rings. The van der Waals surface area contributed by atoms with E-state index >= 15 is 0 Å². The number of piperidine rings is 1. The standard InChI is InChI=1S/C15H22F2N2/c1-2-19-7-5-11(6-8-19)13(10-18)12-3-4-14(16)15(17)9-12/h3-4,9,11,13H,2,5-8,10,18H2,1H3. The van der Waals surface area contributed by atoms with Gasteiger partial charge in [-0.2, -0.15) is 0 Å². The van der Waals surface area contributed by atoms with E-state index in [-0.39, 0.29) is 5.92 Å². The molecule has 2 nitrogen and oxygen atoms in total. The van der Waals surface area contributed by atoms with Crippen molar-refractivity contribution in [2.45, 2.75) is 25.7 Å². The molecule has 0 aromatic heterocycles. The van der Waals surface area contributed by atoms with E-state index in [1.54, 1.807) is 6.07 Å². The van der Waals surface area contributed by atoms with Gasteiger partial charge in [0.25, 0.3) is 0 Å². The van der Waals surface area contributed by atoms with Crippen LogP contribution in [0.3, 0.4) is 0 Å². The third-order valence-corrected chi connectivity index (χ3v) is 4.27. The minimum atomic E-state index is -0.791. The van der Waals surface area contributed by atoms with E-state index in [0.717, 1.165) is 38.0 Å². The minimum absolute atomic E-state index is 0.133. The van der Waals surface area contributed by atoms with Crippen molar-refractivity contribution >= 4 is 0 Å². The van der Waals surface area contributed by atoms with Crippen LogP contribution >= 0.6 is 0 Å². The highest BCUT2D eigenvalue weighted by atomic mass is 19.2. The van der Waals surface area contributed by atoms with E-state index in [1.807, 2.05) is 0 Å². The van der Waals surface area contributed by atoms with Gasteiger partial charge in [-0.3, -0.25) is 0 Å². The van der Waals surface area contributed by atoms with Gasteiger partial charge < -0.3 is 10.6 Å². The first-order valence-electron chi connectivity index (χ1n) is 7.03. The number of halogens is 2. The fourth-order valence-electron chi connectivity index (χ4n) is 3.02. The highest BCUT2D eigenvalue weighted by Crippen LogP contribution is 2.32. The van der Waals surface area contributed by atoms with E-state index in [1.165, 1.54) is 12.1 Å². The summed E-state index contributed by atoms with van der Waals surface area (Å²) in [6, 6.07) is 4.18. The molecule has 1 aliphatic rings. The average molecular weight is 268 g/mol. The van der Waals surface area contributed by atoms with Crippen LogP contribution in [0, 0.1) is 17.6 Å². The van der Waals surface area contributed by atoms with E-state index < -0.39 is 11.6 Å². The van der Waals surface area contributed by atoms with E-state index in [2.05, 4.69) is 11.8 Å². The summed E-state index contributed by atoms with van der Waals surface area (Å²) in [6.07, 6.45) is 2.16. The first kappa shape index (κ1) is 14.4. The molecule has 0 aliphatic carbocycles. The normalized spacial score (nSPS) is 19.6. The number of hydrogen-bond acceptors (Lipinski definition) is 2. The maximum atomic E-state index is 13.3. The second-order valence-electron chi connectivity index (χ2n) is 5.29. The van der Waals surface area contributed by atoms with Crippen molar-refractivity contribution in [3.8, 4) is 0 Å². The third-order valence-electron chi connectivity index (χ3n) is 4.27. The Balaban J connectivity index is 2.09. The molecule has 0 spiro atoms. The molecule has 2 rings (SSSR count). The Kier molecular flexibility index (Phi) is 4.88. The molecule has 1 atom stereocenters. The van der Waals surface area contributed by atoms with Crippen LogP contribution < -0.4 is 5.73 Å². The van der Waals surface area contributed by atoms with Gasteiger partial charge in [-0.25, -0.2) is 8.78 Å².